The van der Waals surface area contributed by atoms with Gasteiger partial charge in [0.25, 0.3) is 5.91 Å². The number of piperazine rings is 1. The van der Waals surface area contributed by atoms with E-state index < -0.39 is 0 Å². The van der Waals surface area contributed by atoms with Crippen LogP contribution in [-0.2, 0) is 11.2 Å². The van der Waals surface area contributed by atoms with Crippen LogP contribution in [-0.4, -0.2) is 72.1 Å². The molecule has 0 aliphatic carbocycles. The number of nitrogens with zero attached hydrogens (tertiary/aromatic N) is 3. The number of carbonyl (C=O) groups is 2. The highest BCUT2D eigenvalue weighted by molar-refractivity contribution is 7.10. The third-order valence-corrected chi connectivity index (χ3v) is 8.74. The maximum Gasteiger partial charge on any atom is 0.254 e. The lowest BCUT2D eigenvalue weighted by Crippen LogP contribution is -2.57. The maximum atomic E-state index is 13.6. The van der Waals surface area contributed by atoms with Crippen LogP contribution in [0.4, 0.5) is 0 Å². The van der Waals surface area contributed by atoms with Gasteiger partial charge in [0.2, 0.25) is 12.7 Å². The van der Waals surface area contributed by atoms with Crippen LogP contribution in [0.15, 0.2) is 53.9 Å². The van der Waals surface area contributed by atoms with Crippen molar-refractivity contribution in [2.75, 3.05) is 39.5 Å². The standard InChI is InChI=1S/C29H31N3O4S/c1-19-5-3-4-6-22(19)28-23-10-14-37-26(23)9-11-31(28)17-27(33)30-12-13-32(20(2)16-30)29(34)21-7-8-24-25(15-21)36-18-35-24/h3-8,10,14-15,20,28H,9,11-13,16-18H2,1-2H3/t20-,28+/m1/s1. The molecule has 8 heteroatoms. The minimum Gasteiger partial charge on any atom is -0.454 e. The summed E-state index contributed by atoms with van der Waals surface area (Å²) < 4.78 is 10.8. The molecule has 4 heterocycles. The van der Waals surface area contributed by atoms with Gasteiger partial charge in [-0.15, -0.1) is 11.3 Å². The van der Waals surface area contributed by atoms with Crippen LogP contribution in [0.3, 0.4) is 0 Å². The number of thiophene rings is 1. The average Bonchev–Trinajstić information content (AvgIpc) is 3.58. The largest absolute Gasteiger partial charge is 0.454 e. The molecule has 0 saturated carbocycles. The van der Waals surface area contributed by atoms with Gasteiger partial charge in [0.15, 0.2) is 11.5 Å². The van der Waals surface area contributed by atoms with Crippen molar-refractivity contribution >= 4 is 23.2 Å². The van der Waals surface area contributed by atoms with E-state index in [4.69, 9.17) is 9.47 Å². The Labute approximate surface area is 221 Å². The second kappa shape index (κ2) is 9.84. The van der Waals surface area contributed by atoms with Crippen LogP contribution in [0.5, 0.6) is 11.5 Å². The second-order valence-corrected chi connectivity index (χ2v) is 11.0. The normalized spacial score (nSPS) is 21.1. The molecule has 7 nitrogen and oxygen atoms in total. The lowest BCUT2D eigenvalue weighted by molar-refractivity contribution is -0.135. The Morgan fingerprint density at radius 2 is 1.84 bits per heavy atom. The molecule has 0 bridgehead atoms. The number of fused-ring (bicyclic) bond motifs is 2. The van der Waals surface area contributed by atoms with Gasteiger partial charge in [0, 0.05) is 42.7 Å². The summed E-state index contributed by atoms with van der Waals surface area (Å²) in [5.74, 6) is 1.35. The molecule has 3 aliphatic rings. The van der Waals surface area contributed by atoms with Gasteiger partial charge in [-0.3, -0.25) is 14.5 Å². The summed E-state index contributed by atoms with van der Waals surface area (Å²) in [4.78, 5) is 34.3. The summed E-state index contributed by atoms with van der Waals surface area (Å²) in [5, 5.41) is 2.17. The van der Waals surface area contributed by atoms with E-state index in [0.717, 1.165) is 13.0 Å². The number of hydrogen-bond acceptors (Lipinski definition) is 6. The number of rotatable bonds is 4. The van der Waals surface area contributed by atoms with Crippen LogP contribution in [0, 0.1) is 6.92 Å². The number of ether oxygens (including phenoxy) is 2. The molecule has 2 amide bonds. The van der Waals surface area contributed by atoms with Crippen molar-refractivity contribution in [2.45, 2.75) is 32.4 Å². The van der Waals surface area contributed by atoms with Gasteiger partial charge in [-0.25, -0.2) is 0 Å². The van der Waals surface area contributed by atoms with Gasteiger partial charge in [-0.2, -0.15) is 0 Å². The van der Waals surface area contributed by atoms with E-state index >= 15 is 0 Å². The molecule has 0 spiro atoms. The van der Waals surface area contributed by atoms with Crippen molar-refractivity contribution in [2.24, 2.45) is 0 Å². The zero-order valence-corrected chi connectivity index (χ0v) is 22.0. The molecule has 3 aliphatic heterocycles. The predicted octanol–water partition coefficient (Wildman–Crippen LogP) is 4.11. The molecule has 37 heavy (non-hydrogen) atoms. The van der Waals surface area contributed by atoms with E-state index in [1.165, 1.54) is 21.6 Å². The van der Waals surface area contributed by atoms with Crippen molar-refractivity contribution < 1.29 is 19.1 Å². The number of carbonyl (C=O) groups excluding carboxylic acids is 2. The minimum atomic E-state index is -0.0763. The first-order chi connectivity index (χ1) is 18.0. The highest BCUT2D eigenvalue weighted by Gasteiger charge is 2.35. The van der Waals surface area contributed by atoms with Gasteiger partial charge >= 0.3 is 0 Å². The Balaban J connectivity index is 1.14. The van der Waals surface area contributed by atoms with Crippen LogP contribution in [0.2, 0.25) is 0 Å². The molecule has 2 atom stereocenters. The molecule has 192 valence electrons. The molecule has 3 aromatic rings. The fourth-order valence-corrected chi connectivity index (χ4v) is 6.66. The number of benzene rings is 2. The van der Waals surface area contributed by atoms with Crippen molar-refractivity contribution in [3.05, 3.63) is 81.0 Å². The zero-order chi connectivity index (χ0) is 25.5. The monoisotopic (exact) mass is 517 g/mol. The molecular weight excluding hydrogens is 486 g/mol. The summed E-state index contributed by atoms with van der Waals surface area (Å²) in [5.41, 5.74) is 4.41. The molecule has 6 rings (SSSR count). The van der Waals surface area contributed by atoms with Crippen LogP contribution in [0.25, 0.3) is 0 Å². The summed E-state index contributed by atoms with van der Waals surface area (Å²) in [7, 11) is 0. The van der Waals surface area contributed by atoms with Gasteiger partial charge in [-0.1, -0.05) is 24.3 Å². The first-order valence-corrected chi connectivity index (χ1v) is 13.7. The maximum absolute atomic E-state index is 13.6. The molecule has 0 radical (unpaired) electrons. The van der Waals surface area contributed by atoms with E-state index in [9.17, 15) is 9.59 Å². The smallest absolute Gasteiger partial charge is 0.254 e. The van der Waals surface area contributed by atoms with Gasteiger partial charge < -0.3 is 19.3 Å². The summed E-state index contributed by atoms with van der Waals surface area (Å²) in [6.45, 7) is 7.14. The van der Waals surface area contributed by atoms with Crippen LogP contribution < -0.4 is 9.47 Å². The fraction of sp³-hybridized carbons (Fsp3) is 0.379. The summed E-state index contributed by atoms with van der Waals surface area (Å²) in [6, 6.07) is 16.0. The Bertz CT molecular complexity index is 1340. The molecule has 0 unspecified atom stereocenters. The lowest BCUT2D eigenvalue weighted by atomic mass is 9.90. The second-order valence-electron chi connectivity index (χ2n) is 10.0. The van der Waals surface area contributed by atoms with Gasteiger partial charge in [-0.05, 0) is 66.6 Å². The van der Waals surface area contributed by atoms with Gasteiger partial charge in [0.1, 0.15) is 0 Å². The van der Waals surface area contributed by atoms with E-state index in [0.29, 0.717) is 43.2 Å². The number of aryl methyl sites for hydroxylation is 1. The van der Waals surface area contributed by atoms with Crippen molar-refractivity contribution in [3.8, 4) is 11.5 Å². The molecular formula is C29H31N3O4S. The molecule has 0 N–H and O–H groups in total. The summed E-state index contributed by atoms with van der Waals surface area (Å²) in [6.07, 6.45) is 0.969. The highest BCUT2D eigenvalue weighted by Crippen LogP contribution is 2.39. The van der Waals surface area contributed by atoms with E-state index in [1.54, 1.807) is 18.2 Å². The average molecular weight is 518 g/mol. The molecule has 1 saturated heterocycles. The van der Waals surface area contributed by atoms with Crippen LogP contribution >= 0.6 is 11.3 Å². The highest BCUT2D eigenvalue weighted by atomic mass is 32.1. The van der Waals surface area contributed by atoms with E-state index in [-0.39, 0.29) is 30.7 Å². The topological polar surface area (TPSA) is 62.3 Å². The van der Waals surface area contributed by atoms with E-state index in [1.807, 2.05) is 28.1 Å². The Morgan fingerprint density at radius 3 is 2.68 bits per heavy atom. The number of amides is 2. The predicted molar refractivity (Wildman–Crippen MR) is 142 cm³/mol. The first-order valence-electron chi connectivity index (χ1n) is 12.8. The SMILES string of the molecule is Cc1ccccc1[C@H]1c2ccsc2CCN1CC(=O)N1CCN(C(=O)c2ccc3c(c2)OCO3)[C@H](C)C1. The van der Waals surface area contributed by atoms with E-state index in [2.05, 4.69) is 47.5 Å². The number of hydrogen-bond donors (Lipinski definition) is 0. The van der Waals surface area contributed by atoms with Crippen LogP contribution in [0.1, 0.15) is 44.9 Å². The van der Waals surface area contributed by atoms with Gasteiger partial charge in [0.05, 0.1) is 12.6 Å². The quantitative estimate of drug-likeness (QED) is 0.521. The van der Waals surface area contributed by atoms with Crippen molar-refractivity contribution in [1.29, 1.82) is 0 Å². The van der Waals surface area contributed by atoms with Crippen molar-refractivity contribution in [1.82, 2.24) is 14.7 Å². The third-order valence-electron chi connectivity index (χ3n) is 7.75. The zero-order valence-electron chi connectivity index (χ0n) is 21.2. The third kappa shape index (κ3) is 4.49. The molecule has 1 fully saturated rings. The summed E-state index contributed by atoms with van der Waals surface area (Å²) >= 11 is 1.81. The minimum absolute atomic E-state index is 0.0430. The Kier molecular flexibility index (Phi) is 6.38. The Morgan fingerprint density at radius 1 is 1.00 bits per heavy atom. The molecule has 2 aromatic carbocycles. The first kappa shape index (κ1) is 24.0. The lowest BCUT2D eigenvalue weighted by Gasteiger charge is -2.42. The fourth-order valence-electron chi connectivity index (χ4n) is 5.75. The van der Waals surface area contributed by atoms with Crippen molar-refractivity contribution in [3.63, 3.8) is 0 Å². The molecule has 1 aromatic heterocycles. The Hall–Kier alpha value is -3.36.